The number of nitrogens with one attached hydrogen (secondary N) is 1. The molecule has 12 heteroatoms. The van der Waals surface area contributed by atoms with E-state index in [-0.39, 0.29) is 44.0 Å². The largest absolute Gasteiger partial charge is 0.444 e. The first-order chi connectivity index (χ1) is 21.8. The van der Waals surface area contributed by atoms with Crippen molar-refractivity contribution >= 4 is 23.6 Å². The number of nitrogens with zero attached hydrogens (tertiary/aromatic N) is 6. The summed E-state index contributed by atoms with van der Waals surface area (Å²) >= 11 is 0. The molecule has 1 aliphatic heterocycles. The van der Waals surface area contributed by atoms with Crippen LogP contribution in [-0.4, -0.2) is 92.7 Å². The highest BCUT2D eigenvalue weighted by molar-refractivity contribution is 5.87. The third-order valence-corrected chi connectivity index (χ3v) is 7.86. The number of amides is 3. The van der Waals surface area contributed by atoms with E-state index >= 15 is 0 Å². The molecular formula is C34H47N7O5. The monoisotopic (exact) mass is 633 g/mol. The van der Waals surface area contributed by atoms with Gasteiger partial charge >= 0.3 is 6.09 Å². The second-order valence-electron chi connectivity index (χ2n) is 12.8. The lowest BCUT2D eigenvalue weighted by Crippen LogP contribution is -2.51. The molecule has 2 heterocycles. The summed E-state index contributed by atoms with van der Waals surface area (Å²) in [6.45, 7) is 14.4. The van der Waals surface area contributed by atoms with E-state index in [1.165, 1.54) is 16.0 Å². The molecule has 1 N–H and O–H groups in total. The van der Waals surface area contributed by atoms with Gasteiger partial charge in [0.05, 0.1) is 6.54 Å². The van der Waals surface area contributed by atoms with Crippen molar-refractivity contribution in [2.75, 3.05) is 38.5 Å². The van der Waals surface area contributed by atoms with E-state index in [9.17, 15) is 14.4 Å². The van der Waals surface area contributed by atoms with Gasteiger partial charge in [-0.15, -0.1) is 0 Å². The maximum absolute atomic E-state index is 13.8. The van der Waals surface area contributed by atoms with Gasteiger partial charge in [-0.05, 0) is 63.8 Å². The van der Waals surface area contributed by atoms with Gasteiger partial charge in [0.25, 0.3) is 5.91 Å². The van der Waals surface area contributed by atoms with E-state index in [2.05, 4.69) is 27.6 Å². The molecule has 2 aromatic carbocycles. The molecule has 0 saturated heterocycles. The predicted octanol–water partition coefficient (Wildman–Crippen LogP) is 4.88. The Morgan fingerprint density at radius 3 is 2.28 bits per heavy atom. The number of hydrogen-bond acceptors (Lipinski definition) is 9. The van der Waals surface area contributed by atoms with Crippen molar-refractivity contribution in [1.82, 2.24) is 30.0 Å². The molecule has 3 amide bonds. The van der Waals surface area contributed by atoms with Crippen molar-refractivity contribution in [2.45, 2.75) is 79.6 Å². The number of aromatic nitrogens is 2. The van der Waals surface area contributed by atoms with Crippen molar-refractivity contribution in [2.24, 2.45) is 0 Å². The van der Waals surface area contributed by atoms with Crippen LogP contribution in [0, 0.1) is 6.92 Å². The SMILES string of the molecule is CCc1ccc(-c2noc(C)n2)cc1NCC(=O)N(CCN(C(=O)OC(C)(C)C)C(C)C)CC(=O)N(C)N1Cc2ccccc2C1. The molecule has 0 radical (unpaired) electrons. The number of benzene rings is 2. The molecule has 0 spiro atoms. The van der Waals surface area contributed by atoms with Gasteiger partial charge in [0.2, 0.25) is 17.6 Å². The van der Waals surface area contributed by atoms with Gasteiger partial charge < -0.3 is 24.4 Å². The highest BCUT2D eigenvalue weighted by Crippen LogP contribution is 2.25. The molecule has 0 unspecified atom stereocenters. The maximum Gasteiger partial charge on any atom is 0.410 e. The smallest absolute Gasteiger partial charge is 0.410 e. The second-order valence-corrected chi connectivity index (χ2v) is 12.8. The van der Waals surface area contributed by atoms with Gasteiger partial charge in [0.15, 0.2) is 0 Å². The quantitative estimate of drug-likeness (QED) is 0.297. The molecule has 1 aromatic heterocycles. The molecule has 12 nitrogen and oxygen atoms in total. The summed E-state index contributed by atoms with van der Waals surface area (Å²) in [7, 11) is 1.73. The van der Waals surface area contributed by atoms with E-state index in [1.807, 2.05) is 76.9 Å². The van der Waals surface area contributed by atoms with Crippen molar-refractivity contribution in [3.8, 4) is 11.4 Å². The molecule has 0 atom stereocenters. The van der Waals surface area contributed by atoms with Crippen LogP contribution in [0.1, 0.15) is 64.1 Å². The normalized spacial score (nSPS) is 13.0. The van der Waals surface area contributed by atoms with Crippen LogP contribution < -0.4 is 5.32 Å². The Balaban J connectivity index is 1.50. The molecule has 0 aliphatic carbocycles. The molecule has 248 valence electrons. The number of ether oxygens (including phenoxy) is 1. The number of hydrogen-bond donors (Lipinski definition) is 1. The van der Waals surface area contributed by atoms with Crippen LogP contribution >= 0.6 is 0 Å². The van der Waals surface area contributed by atoms with E-state index in [1.54, 1.807) is 23.9 Å². The average molecular weight is 634 g/mol. The van der Waals surface area contributed by atoms with E-state index in [4.69, 9.17) is 9.26 Å². The zero-order chi connectivity index (χ0) is 33.6. The van der Waals surface area contributed by atoms with Gasteiger partial charge in [0.1, 0.15) is 12.1 Å². The number of aryl methyl sites for hydroxylation is 2. The van der Waals surface area contributed by atoms with Gasteiger partial charge in [-0.25, -0.2) is 9.80 Å². The fraction of sp³-hybridized carbons (Fsp3) is 0.500. The highest BCUT2D eigenvalue weighted by atomic mass is 16.6. The Hall–Kier alpha value is -4.45. The van der Waals surface area contributed by atoms with Gasteiger partial charge in [-0.1, -0.05) is 48.5 Å². The molecule has 4 rings (SSSR count). The first-order valence-electron chi connectivity index (χ1n) is 15.8. The third-order valence-electron chi connectivity index (χ3n) is 7.86. The highest BCUT2D eigenvalue weighted by Gasteiger charge is 2.29. The molecule has 0 fully saturated rings. The summed E-state index contributed by atoms with van der Waals surface area (Å²) in [4.78, 5) is 47.9. The lowest BCUT2D eigenvalue weighted by atomic mass is 10.1. The average Bonchev–Trinajstić information content (AvgIpc) is 3.64. The number of carbonyl (C=O) groups is 3. The van der Waals surface area contributed by atoms with Crippen molar-refractivity contribution in [3.63, 3.8) is 0 Å². The maximum atomic E-state index is 13.8. The molecule has 1 aliphatic rings. The van der Waals surface area contributed by atoms with Crippen molar-refractivity contribution in [1.29, 1.82) is 0 Å². The molecule has 46 heavy (non-hydrogen) atoms. The fourth-order valence-electron chi connectivity index (χ4n) is 5.24. The zero-order valence-corrected chi connectivity index (χ0v) is 28.3. The zero-order valence-electron chi connectivity index (χ0n) is 28.3. The Morgan fingerprint density at radius 2 is 1.72 bits per heavy atom. The topological polar surface area (TPSA) is 124 Å². The summed E-state index contributed by atoms with van der Waals surface area (Å²) < 4.78 is 10.8. The molecular weight excluding hydrogens is 586 g/mol. The first-order valence-corrected chi connectivity index (χ1v) is 15.8. The summed E-state index contributed by atoms with van der Waals surface area (Å²) in [6, 6.07) is 13.7. The number of hydrazine groups is 1. The minimum atomic E-state index is -0.665. The van der Waals surface area contributed by atoms with Crippen LogP contribution in [0.3, 0.4) is 0 Å². The van der Waals surface area contributed by atoms with Crippen LogP contribution in [0.2, 0.25) is 0 Å². The van der Waals surface area contributed by atoms with Gasteiger partial charge in [-0.2, -0.15) is 4.98 Å². The minimum Gasteiger partial charge on any atom is -0.444 e. The van der Waals surface area contributed by atoms with Crippen molar-refractivity contribution < 1.29 is 23.6 Å². The third kappa shape index (κ3) is 8.84. The van der Waals surface area contributed by atoms with Gasteiger partial charge in [0, 0.05) is 57.4 Å². The van der Waals surface area contributed by atoms with Gasteiger partial charge in [-0.3, -0.25) is 14.6 Å². The van der Waals surface area contributed by atoms with Crippen LogP contribution in [0.15, 0.2) is 47.0 Å². The second kappa shape index (κ2) is 14.8. The van der Waals surface area contributed by atoms with E-state index in [0.29, 0.717) is 24.8 Å². The Morgan fingerprint density at radius 1 is 1.04 bits per heavy atom. The summed E-state index contributed by atoms with van der Waals surface area (Å²) in [5.74, 6) is 0.425. The first kappa shape index (κ1) is 34.4. The van der Waals surface area contributed by atoms with Crippen LogP contribution in [0.25, 0.3) is 11.4 Å². The van der Waals surface area contributed by atoms with Crippen molar-refractivity contribution in [3.05, 3.63) is 65.0 Å². The minimum absolute atomic E-state index is 0.0536. The van der Waals surface area contributed by atoms with Crippen LogP contribution in [-0.2, 0) is 33.8 Å². The Bertz CT molecular complexity index is 1510. The van der Waals surface area contributed by atoms with Crippen LogP contribution in [0.5, 0.6) is 0 Å². The number of carbonyl (C=O) groups excluding carboxylic acids is 3. The van der Waals surface area contributed by atoms with E-state index < -0.39 is 11.7 Å². The number of fused-ring (bicyclic) bond motifs is 1. The van der Waals surface area contributed by atoms with Crippen LogP contribution in [0.4, 0.5) is 10.5 Å². The number of anilines is 1. The Labute approximate surface area is 271 Å². The molecule has 3 aromatic rings. The number of likely N-dealkylation sites (N-methyl/N-ethyl adjacent to an activating group) is 1. The predicted molar refractivity (Wildman–Crippen MR) is 175 cm³/mol. The summed E-state index contributed by atoms with van der Waals surface area (Å²) in [6.07, 6.45) is 0.277. The van der Waals surface area contributed by atoms with E-state index in [0.717, 1.165) is 23.2 Å². The summed E-state index contributed by atoms with van der Waals surface area (Å²) in [5.41, 5.74) is 4.23. The molecule has 0 saturated carbocycles. The molecule has 0 bridgehead atoms. The number of rotatable bonds is 12. The lowest BCUT2D eigenvalue weighted by molar-refractivity contribution is -0.151. The standard InChI is InChI=1S/C34H47N7O5/c1-9-25-14-15-26(32-36-24(4)46-37-32)18-29(25)35-19-30(42)39(16-17-41(23(2)3)33(44)45-34(5,6)7)22-31(43)38(8)40-20-27-12-10-11-13-28(27)21-40/h10-15,18,23,35H,9,16-17,19-22H2,1-8H3. The Kier molecular flexibility index (Phi) is 11.0. The fourth-order valence-corrected chi connectivity index (χ4v) is 5.24. The summed E-state index contributed by atoms with van der Waals surface area (Å²) in [5, 5.41) is 10.8. The lowest BCUT2D eigenvalue weighted by Gasteiger charge is -2.33.